The van der Waals surface area contributed by atoms with E-state index in [-0.39, 0.29) is 12.6 Å². The van der Waals surface area contributed by atoms with E-state index in [1.807, 2.05) is 0 Å². The molecule has 0 saturated carbocycles. The van der Waals surface area contributed by atoms with Crippen molar-refractivity contribution in [2.24, 2.45) is 0 Å². The number of amides is 1. The number of benzene rings is 1. The zero-order chi connectivity index (χ0) is 12.8. The fourth-order valence-corrected chi connectivity index (χ4v) is 1.26. The first-order chi connectivity index (χ1) is 8.08. The maximum absolute atomic E-state index is 10.3. The lowest BCUT2D eigenvalue weighted by molar-refractivity contribution is -0.106. The average Bonchev–Trinajstić information content (AvgIpc) is 2.29. The maximum atomic E-state index is 10.3. The highest BCUT2D eigenvalue weighted by atomic mass is 16.7. The van der Waals surface area contributed by atoms with Crippen molar-refractivity contribution in [3.8, 4) is 0 Å². The van der Waals surface area contributed by atoms with E-state index in [1.165, 1.54) is 14.2 Å². The van der Waals surface area contributed by atoms with E-state index in [2.05, 4.69) is 5.32 Å². The third-order valence-electron chi connectivity index (χ3n) is 2.03. The number of ether oxygens (including phenoxy) is 2. The van der Waals surface area contributed by atoms with Gasteiger partial charge in [0.1, 0.15) is 0 Å². The summed E-state index contributed by atoms with van der Waals surface area (Å²) in [5, 5.41) is 10.7. The molecule has 0 bridgehead atoms. The minimum absolute atomic E-state index is 0.110. The van der Waals surface area contributed by atoms with Gasteiger partial charge in [-0.15, -0.1) is 0 Å². The highest BCUT2D eigenvalue weighted by molar-refractivity contribution is 5.64. The lowest BCUT2D eigenvalue weighted by Crippen LogP contribution is -2.19. The van der Waals surface area contributed by atoms with Gasteiger partial charge in [0.25, 0.3) is 0 Å². The van der Waals surface area contributed by atoms with E-state index in [1.54, 1.807) is 18.2 Å². The molecule has 0 aliphatic heterocycles. The van der Waals surface area contributed by atoms with Crippen LogP contribution in [0.3, 0.4) is 0 Å². The van der Waals surface area contributed by atoms with Crippen molar-refractivity contribution in [3.63, 3.8) is 0 Å². The zero-order valence-electron chi connectivity index (χ0n) is 10.2. The largest absolute Gasteiger partial charge is 0.465 e. The average molecular weight is 226 g/mol. The van der Waals surface area contributed by atoms with Crippen LogP contribution in [0.2, 0.25) is 0 Å². The molecule has 88 valence electrons. The molecule has 16 heavy (non-hydrogen) atoms. The third kappa shape index (κ3) is 3.52. The van der Waals surface area contributed by atoms with Crippen LogP contribution in [0.5, 0.6) is 0 Å². The Morgan fingerprint density at radius 3 is 2.69 bits per heavy atom. The predicted molar refractivity (Wildman–Crippen MR) is 58.1 cm³/mol. The van der Waals surface area contributed by atoms with Crippen molar-refractivity contribution in [1.82, 2.24) is 5.32 Å². The fourth-order valence-electron chi connectivity index (χ4n) is 1.26. The van der Waals surface area contributed by atoms with Crippen molar-refractivity contribution in [2.75, 3.05) is 14.2 Å². The molecule has 0 aromatic heterocycles. The van der Waals surface area contributed by atoms with E-state index in [0.717, 1.165) is 5.56 Å². The number of nitrogens with one attached hydrogen (secondary N) is 1. The van der Waals surface area contributed by atoms with Crippen LogP contribution >= 0.6 is 0 Å². The molecule has 1 aromatic rings. The molecule has 1 aromatic carbocycles. The van der Waals surface area contributed by atoms with Crippen LogP contribution in [0.4, 0.5) is 4.79 Å². The van der Waals surface area contributed by atoms with Crippen LogP contribution in [0.1, 0.15) is 18.8 Å². The van der Waals surface area contributed by atoms with Gasteiger partial charge in [-0.3, -0.25) is 0 Å². The van der Waals surface area contributed by atoms with E-state index in [0.29, 0.717) is 5.56 Å². The Hall–Kier alpha value is -1.59. The fraction of sp³-hybridized carbons (Fsp3) is 0.364. The Morgan fingerprint density at radius 1 is 1.50 bits per heavy atom. The molecule has 2 N–H and O–H groups in total. The van der Waals surface area contributed by atoms with Crippen molar-refractivity contribution in [1.29, 1.82) is 0 Å². The SMILES string of the molecule is [2H]c1cc(C(OC)OC)ccc1CNC(=O)O. The summed E-state index contributed by atoms with van der Waals surface area (Å²) >= 11 is 0. The highest BCUT2D eigenvalue weighted by Gasteiger charge is 2.07. The molecule has 0 spiro atoms. The molecule has 1 amide bonds. The van der Waals surface area contributed by atoms with Crippen LogP contribution < -0.4 is 5.32 Å². The summed E-state index contributed by atoms with van der Waals surface area (Å²) in [6, 6.07) is 5.26. The van der Waals surface area contributed by atoms with Crippen molar-refractivity contribution < 1.29 is 20.7 Å². The van der Waals surface area contributed by atoms with Gasteiger partial charge in [0.05, 0.1) is 1.37 Å². The van der Waals surface area contributed by atoms with Gasteiger partial charge in [-0.05, 0) is 5.56 Å². The molecule has 0 aliphatic carbocycles. The van der Waals surface area contributed by atoms with Crippen LogP contribution in [-0.2, 0) is 16.0 Å². The second-order valence-electron chi connectivity index (χ2n) is 3.11. The van der Waals surface area contributed by atoms with E-state index < -0.39 is 12.4 Å². The molecule has 0 heterocycles. The van der Waals surface area contributed by atoms with Gasteiger partial charge in [0.15, 0.2) is 6.29 Å². The summed E-state index contributed by atoms with van der Waals surface area (Å²) < 4.78 is 17.9. The lowest BCUT2D eigenvalue weighted by atomic mass is 10.1. The molecule has 0 saturated heterocycles. The first kappa shape index (κ1) is 10.9. The Labute approximate surface area is 95.4 Å². The summed E-state index contributed by atoms with van der Waals surface area (Å²) in [5.41, 5.74) is 1.32. The monoisotopic (exact) mass is 226 g/mol. The summed E-state index contributed by atoms with van der Waals surface area (Å²) in [6.07, 6.45) is -1.62. The molecule has 0 fully saturated rings. The normalized spacial score (nSPS) is 11.3. The molecule has 0 unspecified atom stereocenters. The summed E-state index contributed by atoms with van der Waals surface area (Å²) in [7, 11) is 3.02. The Bertz CT molecular complexity index is 393. The first-order valence-corrected chi connectivity index (χ1v) is 4.70. The second-order valence-corrected chi connectivity index (χ2v) is 3.11. The Morgan fingerprint density at radius 2 is 2.19 bits per heavy atom. The number of methoxy groups -OCH3 is 2. The van der Waals surface area contributed by atoms with Gasteiger partial charge in [-0.1, -0.05) is 24.2 Å². The van der Waals surface area contributed by atoms with Crippen LogP contribution in [0.15, 0.2) is 24.2 Å². The highest BCUT2D eigenvalue weighted by Crippen LogP contribution is 2.17. The molecule has 0 atom stereocenters. The van der Waals surface area contributed by atoms with E-state index >= 15 is 0 Å². The number of hydrogen-bond donors (Lipinski definition) is 2. The molecular formula is C11H15NO4. The summed E-state index contributed by atoms with van der Waals surface area (Å²) in [4.78, 5) is 10.3. The van der Waals surface area contributed by atoms with Crippen molar-refractivity contribution in [3.05, 3.63) is 35.4 Å². The number of carboxylic acid groups (broad SMARTS) is 1. The molecule has 0 aliphatic rings. The molecular weight excluding hydrogens is 210 g/mol. The number of hydrogen-bond acceptors (Lipinski definition) is 3. The molecule has 1 rings (SSSR count). The lowest BCUT2D eigenvalue weighted by Gasteiger charge is -2.13. The van der Waals surface area contributed by atoms with Gasteiger partial charge >= 0.3 is 6.09 Å². The first-order valence-electron chi connectivity index (χ1n) is 5.20. The quantitative estimate of drug-likeness (QED) is 0.750. The summed E-state index contributed by atoms with van der Waals surface area (Å²) in [6.45, 7) is 0.110. The van der Waals surface area contributed by atoms with Crippen LogP contribution in [0, 0.1) is 0 Å². The van der Waals surface area contributed by atoms with Gasteiger partial charge in [-0.2, -0.15) is 0 Å². The number of carbonyl (C=O) groups is 1. The molecule has 0 radical (unpaired) electrons. The predicted octanol–water partition coefficient (Wildman–Crippen LogP) is 1.75. The van der Waals surface area contributed by atoms with Crippen LogP contribution in [-0.4, -0.2) is 25.4 Å². The van der Waals surface area contributed by atoms with Crippen molar-refractivity contribution >= 4 is 6.09 Å². The number of rotatable bonds is 5. The minimum Gasteiger partial charge on any atom is -0.465 e. The van der Waals surface area contributed by atoms with Gasteiger partial charge in [-0.25, -0.2) is 4.79 Å². The van der Waals surface area contributed by atoms with Crippen molar-refractivity contribution in [2.45, 2.75) is 12.8 Å². The second kappa shape index (κ2) is 6.09. The topological polar surface area (TPSA) is 67.8 Å². The summed E-state index contributed by atoms with van der Waals surface area (Å²) in [5.74, 6) is 0. The zero-order valence-corrected chi connectivity index (χ0v) is 9.19. The standard InChI is InChI=1S/C11H15NO4/c1-15-10(16-2)9-5-3-8(4-6-9)7-12-11(13)14/h3-6,10,12H,7H2,1-2H3,(H,13,14)/i3D. The maximum Gasteiger partial charge on any atom is 0.404 e. The Kier molecular flexibility index (Phi) is 4.16. The van der Waals surface area contributed by atoms with Gasteiger partial charge < -0.3 is 19.9 Å². The van der Waals surface area contributed by atoms with Crippen LogP contribution in [0.25, 0.3) is 0 Å². The van der Waals surface area contributed by atoms with E-state index in [4.69, 9.17) is 16.0 Å². The minimum atomic E-state index is -1.11. The van der Waals surface area contributed by atoms with E-state index in [9.17, 15) is 4.79 Å². The molecule has 5 heteroatoms. The Balaban J connectivity index is 2.81. The van der Waals surface area contributed by atoms with Gasteiger partial charge in [0.2, 0.25) is 0 Å². The third-order valence-corrected chi connectivity index (χ3v) is 2.03. The van der Waals surface area contributed by atoms with Gasteiger partial charge in [0, 0.05) is 26.3 Å². The molecule has 5 nitrogen and oxygen atoms in total. The smallest absolute Gasteiger partial charge is 0.404 e.